The van der Waals surface area contributed by atoms with Crippen molar-refractivity contribution in [1.82, 2.24) is 0 Å². The second-order valence-electron chi connectivity index (χ2n) is 6.18. The number of nitro benzene ring substituents is 1. The zero-order valence-electron chi connectivity index (χ0n) is 15.1. The number of halogens is 1. The molecule has 0 radical (unpaired) electrons. The first kappa shape index (κ1) is 19.7. The summed E-state index contributed by atoms with van der Waals surface area (Å²) in [6.45, 7) is 1.29. The Morgan fingerprint density at radius 1 is 1.14 bits per heavy atom. The van der Waals surface area contributed by atoms with Gasteiger partial charge in [-0.25, -0.2) is 4.79 Å². The van der Waals surface area contributed by atoms with Gasteiger partial charge in [-0.2, -0.15) is 4.39 Å². The standard InChI is InChI=1S/C20H15FN2O6/c1-11(19(25)22-14-6-7-16(21)17(10-14)23(27)28)29-20(26)15-8-12-4-2-3-5-13(12)9-18(15)24/h2-11,24H,1H3,(H,22,25)/t11-/m0/s1. The quantitative estimate of drug-likeness (QED) is 0.384. The van der Waals surface area contributed by atoms with E-state index in [0.717, 1.165) is 23.6 Å². The molecule has 0 aliphatic rings. The average molecular weight is 398 g/mol. The number of carbonyl (C=O) groups is 2. The minimum atomic E-state index is -1.28. The monoisotopic (exact) mass is 398 g/mol. The summed E-state index contributed by atoms with van der Waals surface area (Å²) in [5.74, 6) is -3.03. The molecule has 1 amide bonds. The Kier molecular flexibility index (Phi) is 5.40. The largest absolute Gasteiger partial charge is 0.507 e. The van der Waals surface area contributed by atoms with Crippen molar-refractivity contribution in [1.29, 1.82) is 0 Å². The van der Waals surface area contributed by atoms with Crippen molar-refractivity contribution >= 4 is 34.0 Å². The maximum atomic E-state index is 13.4. The molecule has 0 saturated carbocycles. The molecule has 0 aliphatic heterocycles. The third-order valence-electron chi connectivity index (χ3n) is 4.15. The third-order valence-corrected chi connectivity index (χ3v) is 4.15. The molecule has 9 heteroatoms. The van der Waals surface area contributed by atoms with E-state index in [-0.39, 0.29) is 17.0 Å². The molecule has 1 atom stereocenters. The van der Waals surface area contributed by atoms with Gasteiger partial charge in [-0.05, 0) is 42.0 Å². The smallest absolute Gasteiger partial charge is 0.342 e. The zero-order valence-corrected chi connectivity index (χ0v) is 15.1. The summed E-state index contributed by atoms with van der Waals surface area (Å²) in [6, 6.07) is 12.8. The Morgan fingerprint density at radius 2 is 1.79 bits per heavy atom. The first-order valence-corrected chi connectivity index (χ1v) is 8.44. The molecule has 0 aliphatic carbocycles. The molecular weight excluding hydrogens is 383 g/mol. The van der Waals surface area contributed by atoms with Crippen LogP contribution in [0.2, 0.25) is 0 Å². The number of rotatable bonds is 5. The molecule has 29 heavy (non-hydrogen) atoms. The zero-order chi connectivity index (χ0) is 21.1. The summed E-state index contributed by atoms with van der Waals surface area (Å²) >= 11 is 0. The van der Waals surface area contributed by atoms with Gasteiger partial charge in [-0.15, -0.1) is 0 Å². The van der Waals surface area contributed by atoms with Gasteiger partial charge in [0.25, 0.3) is 5.91 Å². The lowest BCUT2D eigenvalue weighted by atomic mass is 10.1. The molecule has 0 bridgehead atoms. The van der Waals surface area contributed by atoms with Gasteiger partial charge in [0.05, 0.1) is 4.92 Å². The number of hydrogen-bond donors (Lipinski definition) is 2. The Hall–Kier alpha value is -4.01. The highest BCUT2D eigenvalue weighted by atomic mass is 19.1. The lowest BCUT2D eigenvalue weighted by molar-refractivity contribution is -0.387. The summed E-state index contributed by atoms with van der Waals surface area (Å²) in [5.41, 5.74) is -0.936. The second-order valence-corrected chi connectivity index (χ2v) is 6.18. The van der Waals surface area contributed by atoms with Crippen LogP contribution in [0.4, 0.5) is 15.8 Å². The average Bonchev–Trinajstić information content (AvgIpc) is 2.68. The van der Waals surface area contributed by atoms with E-state index in [0.29, 0.717) is 5.39 Å². The number of aromatic hydroxyl groups is 1. The second kappa shape index (κ2) is 7.93. The fraction of sp³-hybridized carbons (Fsp3) is 0.100. The van der Waals surface area contributed by atoms with Crippen molar-refractivity contribution in [2.75, 3.05) is 5.32 Å². The van der Waals surface area contributed by atoms with Gasteiger partial charge in [0.15, 0.2) is 6.10 Å². The van der Waals surface area contributed by atoms with Crippen molar-refractivity contribution in [3.63, 3.8) is 0 Å². The van der Waals surface area contributed by atoms with Gasteiger partial charge in [-0.1, -0.05) is 24.3 Å². The normalized spacial score (nSPS) is 11.7. The number of amides is 1. The van der Waals surface area contributed by atoms with Crippen LogP contribution >= 0.6 is 0 Å². The maximum absolute atomic E-state index is 13.4. The Balaban J connectivity index is 1.73. The predicted octanol–water partition coefficient (Wildman–Crippen LogP) is 3.78. The van der Waals surface area contributed by atoms with Crippen LogP contribution in [-0.4, -0.2) is 28.0 Å². The highest BCUT2D eigenvalue weighted by Crippen LogP contribution is 2.26. The molecule has 0 aromatic heterocycles. The Morgan fingerprint density at radius 3 is 2.45 bits per heavy atom. The van der Waals surface area contributed by atoms with Crippen molar-refractivity contribution in [2.45, 2.75) is 13.0 Å². The van der Waals surface area contributed by atoms with E-state index >= 15 is 0 Å². The number of hydrogen-bond acceptors (Lipinski definition) is 6. The van der Waals surface area contributed by atoms with E-state index in [2.05, 4.69) is 5.32 Å². The summed E-state index contributed by atoms with van der Waals surface area (Å²) in [7, 11) is 0. The van der Waals surface area contributed by atoms with Crippen molar-refractivity contribution in [2.24, 2.45) is 0 Å². The molecular formula is C20H15FN2O6. The summed E-state index contributed by atoms with van der Waals surface area (Å²) in [4.78, 5) is 34.5. The molecule has 0 fully saturated rings. The first-order valence-electron chi connectivity index (χ1n) is 8.44. The fourth-order valence-electron chi connectivity index (χ4n) is 2.64. The van der Waals surface area contributed by atoms with E-state index in [9.17, 15) is 29.2 Å². The number of phenolic OH excluding ortho intramolecular Hbond substituents is 1. The molecule has 0 heterocycles. The summed E-state index contributed by atoms with van der Waals surface area (Å²) < 4.78 is 18.5. The molecule has 0 saturated heterocycles. The van der Waals surface area contributed by atoms with Gasteiger partial charge in [0, 0.05) is 11.8 Å². The Bertz CT molecular complexity index is 1130. The number of benzene rings is 3. The lowest BCUT2D eigenvalue weighted by Gasteiger charge is -2.14. The van der Waals surface area contributed by atoms with E-state index in [4.69, 9.17) is 4.74 Å². The third kappa shape index (κ3) is 4.29. The highest BCUT2D eigenvalue weighted by Gasteiger charge is 2.23. The molecule has 3 rings (SSSR count). The number of anilines is 1. The van der Waals surface area contributed by atoms with E-state index < -0.39 is 34.4 Å². The van der Waals surface area contributed by atoms with Gasteiger partial charge < -0.3 is 15.2 Å². The van der Waals surface area contributed by atoms with Crippen LogP contribution in [0.15, 0.2) is 54.6 Å². The highest BCUT2D eigenvalue weighted by molar-refractivity contribution is 6.01. The molecule has 0 unspecified atom stereocenters. The number of carbonyl (C=O) groups excluding carboxylic acids is 2. The van der Waals surface area contributed by atoms with Crippen molar-refractivity contribution in [3.8, 4) is 5.75 Å². The van der Waals surface area contributed by atoms with Gasteiger partial charge >= 0.3 is 11.7 Å². The number of nitrogens with one attached hydrogen (secondary N) is 1. The molecule has 148 valence electrons. The van der Waals surface area contributed by atoms with Crippen LogP contribution < -0.4 is 5.32 Å². The van der Waals surface area contributed by atoms with Crippen LogP contribution in [0.1, 0.15) is 17.3 Å². The number of nitro groups is 1. The van der Waals surface area contributed by atoms with Crippen molar-refractivity contribution < 1.29 is 28.7 Å². The molecule has 8 nitrogen and oxygen atoms in total. The minimum absolute atomic E-state index is 0.0282. The maximum Gasteiger partial charge on any atom is 0.342 e. The minimum Gasteiger partial charge on any atom is -0.507 e. The van der Waals surface area contributed by atoms with Gasteiger partial charge in [0.2, 0.25) is 5.82 Å². The van der Waals surface area contributed by atoms with E-state index in [1.165, 1.54) is 19.1 Å². The molecule has 3 aromatic carbocycles. The number of ether oxygens (including phenoxy) is 1. The molecule has 3 aromatic rings. The molecule has 2 N–H and O–H groups in total. The fourth-order valence-corrected chi connectivity index (χ4v) is 2.64. The topological polar surface area (TPSA) is 119 Å². The lowest BCUT2D eigenvalue weighted by Crippen LogP contribution is -2.30. The van der Waals surface area contributed by atoms with E-state index in [1.54, 1.807) is 24.3 Å². The predicted molar refractivity (Wildman–Crippen MR) is 102 cm³/mol. The van der Waals surface area contributed by atoms with Gasteiger partial charge in [0.1, 0.15) is 11.3 Å². The Labute approximate surface area is 163 Å². The number of phenols is 1. The summed E-state index contributed by atoms with van der Waals surface area (Å²) in [6.07, 6.45) is -1.28. The SMILES string of the molecule is C[C@H](OC(=O)c1cc2ccccc2cc1O)C(=O)Nc1ccc(F)c([N+](=O)[O-])c1. The van der Waals surface area contributed by atoms with E-state index in [1.807, 2.05) is 0 Å². The van der Waals surface area contributed by atoms with Crippen LogP contribution in [0, 0.1) is 15.9 Å². The van der Waals surface area contributed by atoms with Crippen LogP contribution in [0.5, 0.6) is 5.75 Å². The number of nitrogens with zero attached hydrogens (tertiary/aromatic N) is 1. The van der Waals surface area contributed by atoms with Crippen molar-refractivity contribution in [3.05, 3.63) is 76.1 Å². The van der Waals surface area contributed by atoms with Crippen LogP contribution in [0.3, 0.4) is 0 Å². The number of esters is 1. The van der Waals surface area contributed by atoms with Crippen LogP contribution in [-0.2, 0) is 9.53 Å². The summed E-state index contributed by atoms with van der Waals surface area (Å²) in [5, 5.41) is 24.6. The first-order chi connectivity index (χ1) is 13.8. The molecule has 0 spiro atoms. The number of fused-ring (bicyclic) bond motifs is 1. The van der Waals surface area contributed by atoms with Gasteiger partial charge in [-0.3, -0.25) is 14.9 Å². The van der Waals surface area contributed by atoms with Crippen LogP contribution in [0.25, 0.3) is 10.8 Å².